The van der Waals surface area contributed by atoms with Gasteiger partial charge in [-0.15, -0.1) is 0 Å². The maximum Gasteiger partial charge on any atom is 0.127 e. The molecule has 0 spiro atoms. The molecule has 3 rings (SSSR count). The quantitative estimate of drug-likeness (QED) is 0.837. The second-order valence-corrected chi connectivity index (χ2v) is 7.64. The molecule has 128 valence electrons. The van der Waals surface area contributed by atoms with E-state index in [2.05, 4.69) is 26.1 Å². The van der Waals surface area contributed by atoms with Gasteiger partial charge in [0.2, 0.25) is 0 Å². The standard InChI is InChI=1S/C18H26BrFN2O/c19-16-4-5-17(20)15(12-16)13-21-14-18(6-10-23-11-7-18)22-8-2-1-3-9-22/h4-5,12,21H,1-3,6-11,13-14H2. The van der Waals surface area contributed by atoms with E-state index >= 15 is 0 Å². The van der Waals surface area contributed by atoms with Crippen molar-refractivity contribution in [2.75, 3.05) is 32.8 Å². The smallest absolute Gasteiger partial charge is 0.127 e. The molecule has 0 bridgehead atoms. The molecule has 0 radical (unpaired) electrons. The van der Waals surface area contributed by atoms with E-state index in [1.54, 1.807) is 6.07 Å². The Bertz CT molecular complexity index is 514. The first kappa shape index (κ1) is 17.3. The van der Waals surface area contributed by atoms with Crippen LogP contribution in [0, 0.1) is 5.82 Å². The molecule has 2 saturated heterocycles. The van der Waals surface area contributed by atoms with E-state index < -0.39 is 0 Å². The molecular weight excluding hydrogens is 359 g/mol. The van der Waals surface area contributed by atoms with Gasteiger partial charge in [-0.1, -0.05) is 22.4 Å². The highest BCUT2D eigenvalue weighted by Crippen LogP contribution is 2.30. The minimum Gasteiger partial charge on any atom is -0.381 e. The lowest BCUT2D eigenvalue weighted by Gasteiger charge is -2.48. The van der Waals surface area contributed by atoms with Crippen LogP contribution >= 0.6 is 15.9 Å². The van der Waals surface area contributed by atoms with Gasteiger partial charge in [0.1, 0.15) is 5.82 Å². The van der Waals surface area contributed by atoms with Crippen LogP contribution in [0.1, 0.15) is 37.7 Å². The molecule has 0 atom stereocenters. The van der Waals surface area contributed by atoms with Crippen LogP contribution in [0.25, 0.3) is 0 Å². The van der Waals surface area contributed by atoms with Gasteiger partial charge in [-0.2, -0.15) is 0 Å². The second-order valence-electron chi connectivity index (χ2n) is 6.72. The number of rotatable bonds is 5. The SMILES string of the molecule is Fc1ccc(Br)cc1CNCC1(N2CCCCC2)CCOCC1. The highest BCUT2D eigenvalue weighted by Gasteiger charge is 2.38. The third-order valence-corrected chi connectivity index (χ3v) is 5.72. The molecule has 0 aromatic heterocycles. The topological polar surface area (TPSA) is 24.5 Å². The van der Waals surface area contributed by atoms with Crippen LogP contribution in [0.3, 0.4) is 0 Å². The molecule has 1 aromatic rings. The predicted octanol–water partition coefficient (Wildman–Crippen LogP) is 3.71. The first-order valence-corrected chi connectivity index (χ1v) is 9.46. The van der Waals surface area contributed by atoms with Crippen LogP contribution in [0.2, 0.25) is 0 Å². The zero-order valence-corrected chi connectivity index (χ0v) is 15.2. The Kier molecular flexibility index (Phi) is 6.07. The Morgan fingerprint density at radius 2 is 1.91 bits per heavy atom. The number of nitrogens with one attached hydrogen (secondary N) is 1. The Labute approximate surface area is 146 Å². The predicted molar refractivity (Wildman–Crippen MR) is 94.0 cm³/mol. The largest absolute Gasteiger partial charge is 0.381 e. The van der Waals surface area contributed by atoms with Crippen LogP contribution in [0.5, 0.6) is 0 Å². The molecule has 0 unspecified atom stereocenters. The van der Waals surface area contributed by atoms with E-state index in [9.17, 15) is 4.39 Å². The highest BCUT2D eigenvalue weighted by molar-refractivity contribution is 9.10. The Morgan fingerprint density at radius 1 is 1.17 bits per heavy atom. The van der Waals surface area contributed by atoms with Gasteiger partial charge in [0.25, 0.3) is 0 Å². The average molecular weight is 385 g/mol. The van der Waals surface area contributed by atoms with Crippen molar-refractivity contribution in [3.8, 4) is 0 Å². The van der Waals surface area contributed by atoms with Gasteiger partial charge in [0, 0.05) is 41.9 Å². The lowest BCUT2D eigenvalue weighted by molar-refractivity contribution is -0.0358. The van der Waals surface area contributed by atoms with Crippen molar-refractivity contribution in [3.05, 3.63) is 34.1 Å². The molecule has 1 N–H and O–H groups in total. The normalized spacial score (nSPS) is 22.2. The molecule has 2 fully saturated rings. The number of piperidine rings is 1. The van der Waals surface area contributed by atoms with Crippen molar-refractivity contribution < 1.29 is 9.13 Å². The summed E-state index contributed by atoms with van der Waals surface area (Å²) >= 11 is 3.42. The van der Waals surface area contributed by atoms with Gasteiger partial charge in [0.05, 0.1) is 0 Å². The monoisotopic (exact) mass is 384 g/mol. The maximum absolute atomic E-state index is 13.9. The van der Waals surface area contributed by atoms with Crippen molar-refractivity contribution in [1.82, 2.24) is 10.2 Å². The van der Waals surface area contributed by atoms with Gasteiger partial charge in [0.15, 0.2) is 0 Å². The van der Waals surface area contributed by atoms with Gasteiger partial charge in [-0.05, 0) is 57.0 Å². The molecule has 23 heavy (non-hydrogen) atoms. The molecule has 3 nitrogen and oxygen atoms in total. The number of ether oxygens (including phenoxy) is 1. The van der Waals surface area contributed by atoms with Crippen molar-refractivity contribution in [2.45, 2.75) is 44.2 Å². The van der Waals surface area contributed by atoms with E-state index in [1.165, 1.54) is 38.4 Å². The molecule has 2 heterocycles. The maximum atomic E-state index is 13.9. The molecule has 0 aliphatic carbocycles. The highest BCUT2D eigenvalue weighted by atomic mass is 79.9. The Morgan fingerprint density at radius 3 is 2.65 bits per heavy atom. The molecule has 5 heteroatoms. The first-order valence-electron chi connectivity index (χ1n) is 8.67. The third kappa shape index (κ3) is 4.32. The molecule has 0 amide bonds. The summed E-state index contributed by atoms with van der Waals surface area (Å²) in [5, 5.41) is 3.52. The fourth-order valence-electron chi connectivity index (χ4n) is 3.83. The summed E-state index contributed by atoms with van der Waals surface area (Å²) in [6.45, 7) is 5.52. The summed E-state index contributed by atoms with van der Waals surface area (Å²) in [4.78, 5) is 2.66. The van der Waals surface area contributed by atoms with Gasteiger partial charge in [-0.3, -0.25) is 4.90 Å². The fourth-order valence-corrected chi connectivity index (χ4v) is 4.24. The Balaban J connectivity index is 1.63. The van der Waals surface area contributed by atoms with Crippen LogP contribution in [-0.2, 0) is 11.3 Å². The van der Waals surface area contributed by atoms with Gasteiger partial charge >= 0.3 is 0 Å². The van der Waals surface area contributed by atoms with E-state index in [4.69, 9.17) is 4.74 Å². The second kappa shape index (κ2) is 8.06. The minimum atomic E-state index is -0.139. The van der Waals surface area contributed by atoms with Crippen LogP contribution in [0.4, 0.5) is 4.39 Å². The number of hydrogen-bond acceptors (Lipinski definition) is 3. The van der Waals surface area contributed by atoms with Crippen molar-refractivity contribution in [3.63, 3.8) is 0 Å². The molecule has 2 aliphatic heterocycles. The summed E-state index contributed by atoms with van der Waals surface area (Å²) in [5.41, 5.74) is 0.904. The fraction of sp³-hybridized carbons (Fsp3) is 0.667. The zero-order valence-electron chi connectivity index (χ0n) is 13.6. The number of hydrogen-bond donors (Lipinski definition) is 1. The minimum absolute atomic E-state index is 0.139. The summed E-state index contributed by atoms with van der Waals surface area (Å²) in [6.07, 6.45) is 6.08. The summed E-state index contributed by atoms with van der Waals surface area (Å²) in [7, 11) is 0. The van der Waals surface area contributed by atoms with Crippen LogP contribution in [-0.4, -0.2) is 43.3 Å². The number of nitrogens with zero attached hydrogens (tertiary/aromatic N) is 1. The number of benzene rings is 1. The van der Waals surface area contributed by atoms with E-state index in [0.717, 1.165) is 42.6 Å². The average Bonchev–Trinajstić information content (AvgIpc) is 2.60. The van der Waals surface area contributed by atoms with Crippen molar-refractivity contribution >= 4 is 15.9 Å². The zero-order chi connectivity index (χ0) is 16.1. The lowest BCUT2D eigenvalue weighted by atomic mass is 9.86. The Hall–Kier alpha value is -0.490. The molecule has 0 saturated carbocycles. The van der Waals surface area contributed by atoms with Crippen LogP contribution in [0.15, 0.2) is 22.7 Å². The van der Waals surface area contributed by atoms with Crippen molar-refractivity contribution in [2.24, 2.45) is 0 Å². The van der Waals surface area contributed by atoms with E-state index in [1.807, 2.05) is 6.07 Å². The molecule has 2 aliphatic rings. The lowest BCUT2D eigenvalue weighted by Crippen LogP contribution is -2.59. The number of likely N-dealkylation sites (tertiary alicyclic amines) is 1. The van der Waals surface area contributed by atoms with Crippen molar-refractivity contribution in [1.29, 1.82) is 0 Å². The molecule has 1 aromatic carbocycles. The van der Waals surface area contributed by atoms with E-state index in [0.29, 0.717) is 6.54 Å². The summed E-state index contributed by atoms with van der Waals surface area (Å²) in [5.74, 6) is -0.139. The van der Waals surface area contributed by atoms with Crippen LogP contribution < -0.4 is 5.32 Å². The van der Waals surface area contributed by atoms with Gasteiger partial charge < -0.3 is 10.1 Å². The van der Waals surface area contributed by atoms with Gasteiger partial charge in [-0.25, -0.2) is 4.39 Å². The van der Waals surface area contributed by atoms with E-state index in [-0.39, 0.29) is 11.4 Å². The number of halogens is 2. The third-order valence-electron chi connectivity index (χ3n) is 5.23. The summed E-state index contributed by atoms with van der Waals surface area (Å²) < 4.78 is 20.4. The molecular formula is C18H26BrFN2O. The summed E-state index contributed by atoms with van der Waals surface area (Å²) in [6, 6.07) is 5.13. The first-order chi connectivity index (χ1) is 11.2.